The maximum atomic E-state index is 6.97. The van der Waals surface area contributed by atoms with E-state index in [0.29, 0.717) is 5.88 Å². The second kappa shape index (κ2) is 11.0. The van der Waals surface area contributed by atoms with E-state index >= 15 is 0 Å². The molecule has 0 atom stereocenters. The number of nitrogens with zero attached hydrogens (tertiary/aromatic N) is 5. The number of allylic oxidation sites excluding steroid dienone is 8. The zero-order chi connectivity index (χ0) is 33.5. The van der Waals surface area contributed by atoms with Crippen molar-refractivity contribution in [2.45, 2.75) is 0 Å². The van der Waals surface area contributed by atoms with Crippen molar-refractivity contribution < 1.29 is 9.47 Å². The Labute approximate surface area is 299 Å². The Kier molecular flexibility index (Phi) is 6.21. The van der Waals surface area contributed by atoms with E-state index < -0.39 is 8.07 Å². The number of benzene rings is 3. The number of rotatable bonds is 1. The summed E-state index contributed by atoms with van der Waals surface area (Å²) in [7, 11) is -2.92. The number of aromatic nitrogens is 1. The van der Waals surface area contributed by atoms with Crippen molar-refractivity contribution in [3.8, 4) is 23.1 Å². The van der Waals surface area contributed by atoms with Gasteiger partial charge < -0.3 is 28.4 Å². The third kappa shape index (κ3) is 4.02. The highest BCUT2D eigenvalue weighted by Crippen LogP contribution is 2.40. The standard InChI is InChI=1S/C39H29B4N5O2Si/c1-3-16-34-32(14-1)49-33-15-2-4-17-35(33)51(34)36-18-11-13-31(38(36)50-39-37(51)19-12-24-44-39)30-20-28-48-42-23-6-9-26-46(42)40-21-5-8-25-45(40)41-22-7-10-27-47(41)43(48)29-30/h1-29H. The van der Waals surface area contributed by atoms with E-state index in [-0.39, 0.29) is 27.9 Å². The topological polar surface area (TPSA) is 44.3 Å². The smallest absolute Gasteiger partial charge is 0.381 e. The molecule has 51 heavy (non-hydrogen) atoms. The molecule has 0 radical (unpaired) electrons. The molecule has 0 bridgehead atoms. The van der Waals surface area contributed by atoms with Crippen LogP contribution in [-0.4, -0.2) is 59.9 Å². The van der Waals surface area contributed by atoms with E-state index in [1.807, 2.05) is 12.3 Å². The second-order valence-electron chi connectivity index (χ2n) is 13.5. The number of pyridine rings is 1. The molecule has 1 saturated heterocycles. The molecule has 0 unspecified atom stereocenters. The molecule has 1 fully saturated rings. The number of ether oxygens (including phenoxy) is 2. The minimum Gasteiger partial charge on any atom is -0.458 e. The summed E-state index contributed by atoms with van der Waals surface area (Å²) in [5.74, 6) is 12.6. The predicted octanol–water partition coefficient (Wildman–Crippen LogP) is 4.16. The second-order valence-corrected chi connectivity index (χ2v) is 17.2. The fourth-order valence-electron chi connectivity index (χ4n) is 8.96. The van der Waals surface area contributed by atoms with Crippen LogP contribution in [0.25, 0.3) is 5.57 Å². The molecule has 12 heteroatoms. The summed E-state index contributed by atoms with van der Waals surface area (Å²) in [5, 5.41) is 4.77. The van der Waals surface area contributed by atoms with Crippen LogP contribution in [0, 0.1) is 0 Å². The average molecular weight is 671 g/mol. The van der Waals surface area contributed by atoms with Gasteiger partial charge in [0.1, 0.15) is 17.2 Å². The summed E-state index contributed by atoms with van der Waals surface area (Å²) in [4.78, 5) is 4.89. The summed E-state index contributed by atoms with van der Waals surface area (Å²) in [6.45, 7) is 0.0144. The molecule has 8 heterocycles. The predicted molar refractivity (Wildman–Crippen MR) is 210 cm³/mol. The van der Waals surface area contributed by atoms with Crippen LogP contribution >= 0.6 is 0 Å². The Balaban J connectivity index is 1.12. The Bertz CT molecular complexity index is 2300. The molecule has 1 aromatic heterocycles. The maximum Gasteiger partial charge on any atom is 0.381 e. The van der Waals surface area contributed by atoms with Gasteiger partial charge in [0.05, 0.1) is 0 Å². The third-order valence-electron chi connectivity index (χ3n) is 11.1. The Morgan fingerprint density at radius 2 is 1.08 bits per heavy atom. The highest BCUT2D eigenvalue weighted by atomic mass is 28.3. The van der Waals surface area contributed by atoms with Gasteiger partial charge in [-0.15, -0.1) is 0 Å². The fourth-order valence-corrected chi connectivity index (χ4v) is 14.1. The molecule has 0 saturated carbocycles. The van der Waals surface area contributed by atoms with Gasteiger partial charge in [0, 0.05) is 16.9 Å². The van der Waals surface area contributed by atoms with Crippen LogP contribution in [0.15, 0.2) is 176 Å². The van der Waals surface area contributed by atoms with E-state index in [4.69, 9.17) is 14.5 Å². The van der Waals surface area contributed by atoms with E-state index in [2.05, 4.69) is 183 Å². The Hall–Kier alpha value is -5.99. The fraction of sp³-hybridized carbons (Fsp3) is 0. The van der Waals surface area contributed by atoms with Crippen molar-refractivity contribution >= 4 is 62.3 Å². The monoisotopic (exact) mass is 671 g/mol. The van der Waals surface area contributed by atoms with Gasteiger partial charge >= 0.3 is 27.9 Å². The molecule has 1 spiro atoms. The summed E-state index contributed by atoms with van der Waals surface area (Å²) in [6, 6.07) is 28.0. The lowest BCUT2D eigenvalue weighted by Crippen LogP contribution is -2.77. The van der Waals surface area contributed by atoms with Crippen LogP contribution in [0.3, 0.4) is 0 Å². The van der Waals surface area contributed by atoms with Crippen LogP contribution in [-0.2, 0) is 0 Å². The summed E-state index contributed by atoms with van der Waals surface area (Å²) in [6.07, 6.45) is 25.9. The van der Waals surface area contributed by atoms with Gasteiger partial charge in [0.15, 0.2) is 8.07 Å². The SMILES string of the molecule is C1=CB2N(C=C1)B1C=CC=CN1B1C=C(c3cccc4c3Oc3ncccc3[Si]43c4ccccc4Oc4ccccc43)C=CN1B1C=CC=CN21. The first-order valence-electron chi connectivity index (χ1n) is 17.5. The van der Waals surface area contributed by atoms with E-state index in [1.54, 1.807) is 0 Å². The third-order valence-corrected chi connectivity index (χ3v) is 15.9. The number of hydrogen-bond donors (Lipinski definition) is 0. The van der Waals surface area contributed by atoms with Crippen molar-refractivity contribution in [2.24, 2.45) is 0 Å². The minimum atomic E-state index is -2.92. The van der Waals surface area contributed by atoms with Crippen LogP contribution in [0.5, 0.6) is 23.1 Å². The summed E-state index contributed by atoms with van der Waals surface area (Å²) >= 11 is 0. The van der Waals surface area contributed by atoms with Gasteiger partial charge in [-0.05, 0) is 88.4 Å². The molecule has 7 nitrogen and oxygen atoms in total. The first-order chi connectivity index (χ1) is 25.3. The molecule has 3 aromatic carbocycles. The first-order valence-corrected chi connectivity index (χ1v) is 19.5. The molecule has 0 N–H and O–H groups in total. The molecule has 238 valence electrons. The molecule has 7 aliphatic heterocycles. The van der Waals surface area contributed by atoms with Crippen molar-refractivity contribution in [3.63, 3.8) is 0 Å². The molecule has 4 aromatic rings. The van der Waals surface area contributed by atoms with Gasteiger partial charge in [0.25, 0.3) is 0 Å². The van der Waals surface area contributed by atoms with Crippen molar-refractivity contribution in [1.29, 1.82) is 0 Å². The molecule has 7 aliphatic rings. The normalized spacial score (nSPS) is 19.1. The number of hydrogen-bond acceptors (Lipinski definition) is 7. The lowest BCUT2D eigenvalue weighted by Gasteiger charge is -2.53. The Morgan fingerprint density at radius 3 is 1.75 bits per heavy atom. The zero-order valence-electron chi connectivity index (χ0n) is 27.6. The first kappa shape index (κ1) is 28.8. The van der Waals surface area contributed by atoms with Gasteiger partial charge in [-0.3, -0.25) is 0 Å². The number of para-hydroxylation sites is 3. The molecule has 0 amide bonds. The lowest BCUT2D eigenvalue weighted by molar-refractivity contribution is 0.465. The van der Waals surface area contributed by atoms with Crippen LogP contribution in [0.1, 0.15) is 5.56 Å². The van der Waals surface area contributed by atoms with E-state index in [0.717, 1.165) is 33.6 Å². The molecule has 0 aliphatic carbocycles. The van der Waals surface area contributed by atoms with Crippen LogP contribution < -0.4 is 30.2 Å². The van der Waals surface area contributed by atoms with Crippen LogP contribution in [0.4, 0.5) is 0 Å². The summed E-state index contributed by atoms with van der Waals surface area (Å²) < 4.78 is 23.3. The zero-order valence-corrected chi connectivity index (χ0v) is 28.6. The maximum absolute atomic E-state index is 6.97. The van der Waals surface area contributed by atoms with Gasteiger partial charge in [0.2, 0.25) is 5.88 Å². The van der Waals surface area contributed by atoms with Gasteiger partial charge in [-0.2, -0.15) is 0 Å². The molecular formula is C39H29B4N5O2Si. The average Bonchev–Trinajstić information content (AvgIpc) is 3.20. The van der Waals surface area contributed by atoms with Crippen molar-refractivity contribution in [2.75, 3.05) is 0 Å². The minimum absolute atomic E-state index is 0.0147. The largest absolute Gasteiger partial charge is 0.458 e. The highest BCUT2D eigenvalue weighted by Gasteiger charge is 2.54. The Morgan fingerprint density at radius 1 is 0.510 bits per heavy atom. The van der Waals surface area contributed by atoms with Gasteiger partial charge in [-0.25, -0.2) is 4.98 Å². The van der Waals surface area contributed by atoms with E-state index in [9.17, 15) is 0 Å². The lowest BCUT2D eigenvalue weighted by atomic mass is 9.41. The van der Waals surface area contributed by atoms with E-state index in [1.165, 1.54) is 15.6 Å². The van der Waals surface area contributed by atoms with Crippen LogP contribution in [0.2, 0.25) is 0 Å². The number of fused-ring (bicyclic) bond motifs is 16. The quantitative estimate of drug-likeness (QED) is 0.244. The highest BCUT2D eigenvalue weighted by molar-refractivity contribution is 7.21. The van der Waals surface area contributed by atoms with Gasteiger partial charge in [-0.1, -0.05) is 103 Å². The van der Waals surface area contributed by atoms with Crippen molar-refractivity contribution in [1.82, 2.24) is 23.9 Å². The molecule has 11 rings (SSSR count). The van der Waals surface area contributed by atoms with Crippen molar-refractivity contribution in [3.05, 3.63) is 182 Å². The molecular weight excluding hydrogens is 642 g/mol. The summed E-state index contributed by atoms with van der Waals surface area (Å²) in [5.41, 5.74) is 2.16.